The number of amides is 2. The Kier molecular flexibility index (Phi) is 9.96. The van der Waals surface area contributed by atoms with E-state index < -0.39 is 30.0 Å². The van der Waals surface area contributed by atoms with Gasteiger partial charge in [0, 0.05) is 82.8 Å². The number of aromatic nitrogens is 6. The van der Waals surface area contributed by atoms with Gasteiger partial charge in [-0.15, -0.1) is 0 Å². The van der Waals surface area contributed by atoms with Crippen molar-refractivity contribution in [3.63, 3.8) is 0 Å². The number of hydrogen-bond acceptors (Lipinski definition) is 13. The summed E-state index contributed by atoms with van der Waals surface area (Å²) in [7, 11) is 3.44. The minimum absolute atomic E-state index is 0.108. The van der Waals surface area contributed by atoms with Gasteiger partial charge < -0.3 is 29.7 Å². The summed E-state index contributed by atoms with van der Waals surface area (Å²) >= 11 is 6.62. The van der Waals surface area contributed by atoms with Crippen LogP contribution < -0.4 is 36.0 Å². The molecule has 320 valence electrons. The van der Waals surface area contributed by atoms with Crippen LogP contribution in [0.3, 0.4) is 0 Å². The van der Waals surface area contributed by atoms with E-state index >= 15 is 8.78 Å². The van der Waals surface area contributed by atoms with E-state index in [1.165, 1.54) is 4.57 Å². The fourth-order valence-corrected chi connectivity index (χ4v) is 9.54. The van der Waals surface area contributed by atoms with Crippen LogP contribution in [0.5, 0.6) is 5.75 Å². The molecule has 1 aromatic carbocycles. The maximum Gasteiger partial charge on any atom is 0.301 e. The summed E-state index contributed by atoms with van der Waals surface area (Å²) in [5, 5.41) is 15.2. The molecule has 1 aliphatic carbocycles. The van der Waals surface area contributed by atoms with Gasteiger partial charge in [0.15, 0.2) is 18.1 Å². The molecule has 3 saturated heterocycles. The van der Waals surface area contributed by atoms with E-state index in [0.717, 1.165) is 75.5 Å². The van der Waals surface area contributed by atoms with Crippen LogP contribution >= 0.6 is 11.6 Å². The Morgan fingerprint density at radius 2 is 1.72 bits per heavy atom. The van der Waals surface area contributed by atoms with E-state index in [4.69, 9.17) is 26.3 Å². The number of pyridine rings is 2. The molecule has 16 nitrogen and oxygen atoms in total. The second kappa shape index (κ2) is 15.4. The predicted octanol–water partition coefficient (Wildman–Crippen LogP) is 4.78. The first-order chi connectivity index (χ1) is 29.4. The maximum atomic E-state index is 15.2. The molecule has 4 aliphatic heterocycles. The van der Waals surface area contributed by atoms with Crippen LogP contribution in [0, 0.1) is 11.8 Å². The number of carbonyl (C=O) groups is 2. The quantitative estimate of drug-likeness (QED) is 0.183. The van der Waals surface area contributed by atoms with Crippen molar-refractivity contribution in [2.75, 3.05) is 72.9 Å². The number of anilines is 5. The fourth-order valence-electron chi connectivity index (χ4n) is 9.40. The monoisotopic (exact) mass is 856 g/mol. The number of piperidine rings is 2. The van der Waals surface area contributed by atoms with Crippen LogP contribution in [-0.2, 0) is 23.7 Å². The maximum absolute atomic E-state index is 15.2. The average molecular weight is 857 g/mol. The highest BCUT2D eigenvalue weighted by Gasteiger charge is 2.51. The molecule has 1 unspecified atom stereocenters. The third kappa shape index (κ3) is 7.46. The lowest BCUT2D eigenvalue weighted by Gasteiger charge is -2.39. The van der Waals surface area contributed by atoms with Crippen LogP contribution in [0.25, 0.3) is 21.9 Å². The Labute approximate surface area is 354 Å². The Hall–Kier alpha value is -5.62. The molecule has 3 N–H and O–H groups in total. The van der Waals surface area contributed by atoms with Gasteiger partial charge in [0.25, 0.3) is 5.56 Å². The summed E-state index contributed by atoms with van der Waals surface area (Å²) in [5.41, 5.74) is 2.38. The van der Waals surface area contributed by atoms with Crippen molar-refractivity contribution in [2.45, 2.75) is 56.4 Å². The van der Waals surface area contributed by atoms with Crippen LogP contribution in [0.2, 0.25) is 5.02 Å². The highest BCUT2D eigenvalue weighted by atomic mass is 35.5. The van der Waals surface area contributed by atoms with E-state index in [1.54, 1.807) is 36.1 Å². The Morgan fingerprint density at radius 1 is 0.934 bits per heavy atom. The topological polar surface area (TPSA) is 168 Å². The highest BCUT2D eigenvalue weighted by molar-refractivity contribution is 6.33. The van der Waals surface area contributed by atoms with E-state index in [-0.39, 0.29) is 29.2 Å². The number of fused-ring (bicyclic) bond motifs is 4. The van der Waals surface area contributed by atoms with Crippen molar-refractivity contribution < 1.29 is 23.1 Å². The number of piperazine rings is 1. The normalized spacial score (nSPS) is 22.4. The van der Waals surface area contributed by atoms with E-state index in [1.807, 2.05) is 19.2 Å². The molecule has 0 radical (unpaired) electrons. The summed E-state index contributed by atoms with van der Waals surface area (Å²) in [4.78, 5) is 58.9. The summed E-state index contributed by atoms with van der Waals surface area (Å²) in [6, 6.07) is 8.26. The lowest BCUT2D eigenvalue weighted by atomic mass is 9.93. The molecule has 61 heavy (non-hydrogen) atoms. The largest absolute Gasteiger partial charge is 0.480 e. The number of aryl methyl sites for hydroxylation is 2. The number of imide groups is 1. The number of halogens is 3. The van der Waals surface area contributed by atoms with Crippen molar-refractivity contribution in [3.05, 3.63) is 57.6 Å². The third-order valence-electron chi connectivity index (χ3n) is 13.0. The number of nitrogens with zero attached hydrogens (tertiary/aromatic N) is 9. The second-order valence-electron chi connectivity index (χ2n) is 17.1. The third-order valence-corrected chi connectivity index (χ3v) is 13.3. The fraction of sp³-hybridized carbons (Fsp3) is 0.500. The van der Waals surface area contributed by atoms with Crippen molar-refractivity contribution >= 4 is 74.3 Å². The van der Waals surface area contributed by atoms with E-state index in [2.05, 4.69) is 40.7 Å². The molecule has 2 amide bonds. The molecule has 8 heterocycles. The minimum atomic E-state index is -3.13. The molecule has 1 saturated carbocycles. The van der Waals surface area contributed by atoms with Crippen LogP contribution in [0.1, 0.15) is 50.1 Å². The van der Waals surface area contributed by atoms with Crippen molar-refractivity contribution in [2.24, 2.45) is 25.9 Å². The molecular formula is C42H47ClF2N12O4. The smallest absolute Gasteiger partial charge is 0.301 e. The van der Waals surface area contributed by atoms with Crippen LogP contribution in [0.4, 0.5) is 37.7 Å². The van der Waals surface area contributed by atoms with Gasteiger partial charge in [-0.25, -0.2) is 18.7 Å². The molecule has 2 atom stereocenters. The van der Waals surface area contributed by atoms with Crippen LogP contribution in [-0.4, -0.2) is 110 Å². The molecule has 19 heteroatoms. The van der Waals surface area contributed by atoms with Crippen molar-refractivity contribution in [1.82, 2.24) is 39.5 Å². The number of hydrogen-bond donors (Lipinski definition) is 3. The van der Waals surface area contributed by atoms with E-state index in [9.17, 15) is 14.4 Å². The van der Waals surface area contributed by atoms with Gasteiger partial charge in [0.2, 0.25) is 23.5 Å². The SMILES string of the molecule is Cn1nc(C2CCC(=O)NC2=O)c2ccc(N3CCN(CC4CCN(c5ncc(Cl)c(Nc6ccc7c(c6)c6c(c(=O)n7C)OCC(F)(F)[C@H](C7CC7)N6)n5)CC4)CC3)nc21. The standard InChI is InChI=1S/C42H47ClF2N12O4/c1-53-30-8-5-25(19-28(30)34-35(40(53)60)61-22-42(44,45)36(50-34)24-3-4-24)47-37-29(43)20-46-41(51-37)57-13-11-23(12-14-57)21-55-15-17-56(18-16-55)31-9-6-26-33(52-54(2)38(26)48-31)27-7-10-32(58)49-39(27)59/h5-6,8-9,19-20,23-24,27,36,50H,3-4,7,10-18,21-22H2,1-2H3,(H,46,47,51)(H,49,58,59)/t27?,36-/m0/s1. The summed E-state index contributed by atoms with van der Waals surface area (Å²) < 4.78 is 39.0. The predicted molar refractivity (Wildman–Crippen MR) is 227 cm³/mol. The molecule has 4 fully saturated rings. The molecule has 0 bridgehead atoms. The number of ether oxygens (including phenoxy) is 1. The molecule has 0 spiro atoms. The summed E-state index contributed by atoms with van der Waals surface area (Å²) in [6.07, 6.45) is 5.72. The summed E-state index contributed by atoms with van der Waals surface area (Å²) in [6.45, 7) is 5.30. The zero-order valence-corrected chi connectivity index (χ0v) is 34.7. The lowest BCUT2D eigenvalue weighted by molar-refractivity contribution is -0.134. The Balaban J connectivity index is 0.763. The minimum Gasteiger partial charge on any atom is -0.480 e. The molecule has 4 aromatic heterocycles. The number of benzene rings is 1. The van der Waals surface area contributed by atoms with Gasteiger partial charge in [-0.3, -0.25) is 29.3 Å². The zero-order chi connectivity index (χ0) is 42.2. The number of alkyl halides is 2. The van der Waals surface area contributed by atoms with Crippen molar-refractivity contribution in [1.29, 1.82) is 0 Å². The highest BCUT2D eigenvalue weighted by Crippen LogP contribution is 2.46. The van der Waals surface area contributed by atoms with Gasteiger partial charge in [-0.05, 0) is 74.3 Å². The molecule has 10 rings (SSSR count). The molecular weight excluding hydrogens is 810 g/mol. The first-order valence-corrected chi connectivity index (χ1v) is 21.4. The average Bonchev–Trinajstić information content (AvgIpc) is 4.06. The van der Waals surface area contributed by atoms with Gasteiger partial charge in [0.05, 0.1) is 35.1 Å². The van der Waals surface area contributed by atoms with Gasteiger partial charge >= 0.3 is 5.92 Å². The first-order valence-electron chi connectivity index (χ1n) is 21.0. The van der Waals surface area contributed by atoms with E-state index in [0.29, 0.717) is 70.7 Å². The van der Waals surface area contributed by atoms with Gasteiger partial charge in [-0.1, -0.05) is 11.6 Å². The van der Waals surface area contributed by atoms with Gasteiger partial charge in [0.1, 0.15) is 10.8 Å². The zero-order valence-electron chi connectivity index (χ0n) is 34.0. The Morgan fingerprint density at radius 3 is 2.48 bits per heavy atom. The lowest BCUT2D eigenvalue weighted by Crippen LogP contribution is -2.49. The summed E-state index contributed by atoms with van der Waals surface area (Å²) in [5.74, 6) is -2.03. The van der Waals surface area contributed by atoms with Gasteiger partial charge in [-0.2, -0.15) is 10.1 Å². The first kappa shape index (κ1) is 39.5. The number of carbonyl (C=O) groups excluding carboxylic acids is 2. The second-order valence-corrected chi connectivity index (χ2v) is 17.5. The number of rotatable bonds is 8. The van der Waals surface area contributed by atoms with Crippen LogP contribution in [0.15, 0.2) is 41.3 Å². The molecule has 5 aliphatic rings. The van der Waals surface area contributed by atoms with Crippen molar-refractivity contribution in [3.8, 4) is 5.75 Å². The Bertz CT molecular complexity index is 2620. The molecule has 5 aromatic rings. The number of nitrogens with one attached hydrogen (secondary N) is 3.